The van der Waals surface area contributed by atoms with E-state index in [4.69, 9.17) is 4.52 Å². The monoisotopic (exact) mass is 361 g/mol. The van der Waals surface area contributed by atoms with Gasteiger partial charge in [0, 0.05) is 36.8 Å². The van der Waals surface area contributed by atoms with Gasteiger partial charge in [0.15, 0.2) is 5.82 Å². The minimum Gasteiger partial charge on any atom is -0.360 e. The number of thiazole rings is 1. The van der Waals surface area contributed by atoms with Gasteiger partial charge in [-0.1, -0.05) is 5.16 Å². The van der Waals surface area contributed by atoms with Gasteiger partial charge in [-0.2, -0.15) is 0 Å². The molecule has 0 aromatic carbocycles. The van der Waals surface area contributed by atoms with E-state index in [9.17, 15) is 4.79 Å². The predicted molar refractivity (Wildman–Crippen MR) is 95.5 cm³/mol. The summed E-state index contributed by atoms with van der Waals surface area (Å²) in [5, 5.41) is 9.82. The molecule has 1 saturated carbocycles. The number of hydrogen-bond donors (Lipinski definition) is 1. The van der Waals surface area contributed by atoms with Crippen molar-refractivity contribution in [3.63, 3.8) is 0 Å². The Morgan fingerprint density at radius 3 is 2.96 bits per heavy atom. The third-order valence-electron chi connectivity index (χ3n) is 5.46. The first-order chi connectivity index (χ1) is 12.1. The first kappa shape index (κ1) is 16.5. The number of hydrogen-bond acceptors (Lipinski definition) is 6. The summed E-state index contributed by atoms with van der Waals surface area (Å²) >= 11 is 1.71. The van der Waals surface area contributed by atoms with Crippen molar-refractivity contribution < 1.29 is 9.32 Å². The fourth-order valence-electron chi connectivity index (χ4n) is 3.91. The van der Waals surface area contributed by atoms with Crippen LogP contribution in [0.5, 0.6) is 0 Å². The van der Waals surface area contributed by atoms with Crippen LogP contribution in [-0.2, 0) is 6.54 Å². The summed E-state index contributed by atoms with van der Waals surface area (Å²) in [6.45, 7) is 4.32. The lowest BCUT2D eigenvalue weighted by Gasteiger charge is -2.33. The first-order valence-corrected chi connectivity index (χ1v) is 9.52. The van der Waals surface area contributed by atoms with Crippen LogP contribution in [0, 0.1) is 12.3 Å². The second kappa shape index (κ2) is 6.42. The van der Waals surface area contributed by atoms with Crippen molar-refractivity contribution in [2.24, 2.45) is 5.41 Å². The summed E-state index contributed by atoms with van der Waals surface area (Å²) in [5.41, 5.74) is 0.382. The quantitative estimate of drug-likeness (QED) is 0.906. The van der Waals surface area contributed by atoms with Crippen LogP contribution in [0.25, 0.3) is 0 Å². The number of aromatic nitrogens is 2. The zero-order chi connectivity index (χ0) is 17.4. The van der Waals surface area contributed by atoms with E-state index >= 15 is 0 Å². The van der Waals surface area contributed by atoms with Crippen molar-refractivity contribution in [1.82, 2.24) is 19.9 Å². The molecule has 4 rings (SSSR count). The van der Waals surface area contributed by atoms with Gasteiger partial charge in [-0.3, -0.25) is 10.2 Å². The Balaban J connectivity index is 1.28. The minimum atomic E-state index is -0.0866. The van der Waals surface area contributed by atoms with Gasteiger partial charge < -0.3 is 9.42 Å². The van der Waals surface area contributed by atoms with Crippen molar-refractivity contribution in [2.75, 3.05) is 25.5 Å². The fourth-order valence-corrected chi connectivity index (χ4v) is 4.59. The molecule has 2 aromatic heterocycles. The van der Waals surface area contributed by atoms with Crippen LogP contribution < -0.4 is 5.32 Å². The lowest BCUT2D eigenvalue weighted by Crippen LogP contribution is -2.43. The van der Waals surface area contributed by atoms with Gasteiger partial charge in [-0.15, -0.1) is 11.3 Å². The topological polar surface area (TPSA) is 74.5 Å². The molecule has 1 N–H and O–H groups in total. The van der Waals surface area contributed by atoms with Gasteiger partial charge in [0.2, 0.25) is 0 Å². The Morgan fingerprint density at radius 1 is 1.52 bits per heavy atom. The molecule has 0 radical (unpaired) electrons. The van der Waals surface area contributed by atoms with Crippen LogP contribution in [0.1, 0.15) is 30.0 Å². The average molecular weight is 361 g/mol. The molecule has 0 bridgehead atoms. The molecule has 7 nitrogen and oxygen atoms in total. The Hall–Kier alpha value is -1.93. The predicted octanol–water partition coefficient (Wildman–Crippen LogP) is 2.96. The molecule has 134 valence electrons. The second-order valence-corrected chi connectivity index (χ2v) is 8.14. The molecule has 0 unspecified atom stereocenters. The standard InChI is InChI=1S/C17H23N5O2S/c1-12-9-14(20-24-12)19-16(23)22-6-3-17(4-7-22)10-13(17)21(2)11-15-18-5-8-25-15/h5,8-9,13H,3-4,6-7,10-11H2,1-2H3,(H,19,20,23)/t13-/m1/s1. The van der Waals surface area contributed by atoms with Crippen LogP contribution in [0.15, 0.2) is 22.2 Å². The molecule has 1 aliphatic carbocycles. The average Bonchev–Trinajstić information content (AvgIpc) is 2.92. The summed E-state index contributed by atoms with van der Waals surface area (Å²) in [5.74, 6) is 1.17. The van der Waals surface area contributed by atoms with Crippen molar-refractivity contribution in [2.45, 2.75) is 38.8 Å². The minimum absolute atomic E-state index is 0.0866. The molecule has 8 heteroatoms. The molecule has 2 amide bonds. The lowest BCUT2D eigenvalue weighted by molar-refractivity contribution is 0.156. The molecule has 2 aromatic rings. The second-order valence-electron chi connectivity index (χ2n) is 7.16. The first-order valence-electron chi connectivity index (χ1n) is 8.64. The SMILES string of the molecule is Cc1cc(NC(=O)N2CCC3(CC2)C[C@H]3N(C)Cc2nccs2)no1. The van der Waals surface area contributed by atoms with E-state index in [0.29, 0.717) is 23.0 Å². The molecule has 3 heterocycles. The van der Waals surface area contributed by atoms with Crippen LogP contribution in [0.3, 0.4) is 0 Å². The van der Waals surface area contributed by atoms with Gasteiger partial charge in [-0.25, -0.2) is 9.78 Å². The number of rotatable bonds is 4. The molecule has 1 spiro atoms. The van der Waals surface area contributed by atoms with Gasteiger partial charge in [0.05, 0.1) is 6.54 Å². The number of piperidine rings is 1. The van der Waals surface area contributed by atoms with Gasteiger partial charge in [-0.05, 0) is 38.6 Å². The normalized spacial score (nSPS) is 21.7. The lowest BCUT2D eigenvalue weighted by atomic mass is 9.92. The number of aryl methyl sites for hydroxylation is 1. The molecule has 25 heavy (non-hydrogen) atoms. The van der Waals surface area contributed by atoms with Crippen LogP contribution in [0.2, 0.25) is 0 Å². The van der Waals surface area contributed by atoms with E-state index in [0.717, 1.165) is 32.5 Å². The van der Waals surface area contributed by atoms with Crippen LogP contribution in [-0.4, -0.2) is 52.2 Å². The molecule has 2 fully saturated rings. The number of amides is 2. The number of urea groups is 1. The summed E-state index contributed by atoms with van der Waals surface area (Å²) in [4.78, 5) is 21.0. The zero-order valence-electron chi connectivity index (χ0n) is 14.6. The highest BCUT2D eigenvalue weighted by atomic mass is 32.1. The highest BCUT2D eigenvalue weighted by Crippen LogP contribution is 2.56. The number of nitrogens with zero attached hydrogens (tertiary/aromatic N) is 4. The number of anilines is 1. The molecule has 1 saturated heterocycles. The van der Waals surface area contributed by atoms with Crippen LogP contribution in [0.4, 0.5) is 10.6 Å². The smallest absolute Gasteiger partial charge is 0.323 e. The third-order valence-corrected chi connectivity index (χ3v) is 6.22. The number of carbonyl (C=O) groups excluding carboxylic acids is 1. The largest absolute Gasteiger partial charge is 0.360 e. The maximum Gasteiger partial charge on any atom is 0.323 e. The van der Waals surface area contributed by atoms with Crippen molar-refractivity contribution in [1.29, 1.82) is 0 Å². The third kappa shape index (κ3) is 3.41. The highest BCUT2D eigenvalue weighted by molar-refractivity contribution is 7.09. The Kier molecular flexibility index (Phi) is 4.24. The van der Waals surface area contributed by atoms with Crippen molar-refractivity contribution in [3.8, 4) is 0 Å². The van der Waals surface area contributed by atoms with Crippen molar-refractivity contribution in [3.05, 3.63) is 28.4 Å². The maximum absolute atomic E-state index is 12.4. The highest BCUT2D eigenvalue weighted by Gasteiger charge is 2.56. The van der Waals surface area contributed by atoms with Gasteiger partial charge in [0.25, 0.3) is 0 Å². The molecular weight excluding hydrogens is 338 g/mol. The van der Waals surface area contributed by atoms with E-state index in [-0.39, 0.29) is 6.03 Å². The Morgan fingerprint density at radius 2 is 2.32 bits per heavy atom. The summed E-state index contributed by atoms with van der Waals surface area (Å²) < 4.78 is 4.99. The Bertz CT molecular complexity index is 736. The van der Waals surface area contributed by atoms with E-state index in [1.165, 1.54) is 11.4 Å². The summed E-state index contributed by atoms with van der Waals surface area (Å²) in [6, 6.07) is 2.25. The van der Waals surface area contributed by atoms with E-state index in [2.05, 4.69) is 27.4 Å². The zero-order valence-corrected chi connectivity index (χ0v) is 15.4. The summed E-state index contributed by atoms with van der Waals surface area (Å²) in [7, 11) is 2.19. The Labute approximate surface area is 151 Å². The van der Waals surface area contributed by atoms with E-state index in [1.807, 2.05) is 23.4 Å². The molecule has 2 aliphatic rings. The molecule has 1 aliphatic heterocycles. The maximum atomic E-state index is 12.4. The number of nitrogens with one attached hydrogen (secondary N) is 1. The van der Waals surface area contributed by atoms with Crippen LogP contribution >= 0.6 is 11.3 Å². The molecule has 1 atom stereocenters. The summed E-state index contributed by atoms with van der Waals surface area (Å²) in [6.07, 6.45) is 5.22. The van der Waals surface area contributed by atoms with Crippen molar-refractivity contribution >= 4 is 23.2 Å². The van der Waals surface area contributed by atoms with Gasteiger partial charge >= 0.3 is 6.03 Å². The fraction of sp³-hybridized carbons (Fsp3) is 0.588. The molecular formula is C17H23N5O2S. The number of likely N-dealkylation sites (tertiary alicyclic amines) is 1. The van der Waals surface area contributed by atoms with E-state index < -0.39 is 0 Å². The van der Waals surface area contributed by atoms with Gasteiger partial charge in [0.1, 0.15) is 10.8 Å². The number of carbonyl (C=O) groups is 1. The van der Waals surface area contributed by atoms with E-state index in [1.54, 1.807) is 17.4 Å².